The number of aliphatic imine (C=N–C) groups is 1. The first-order valence-corrected chi connectivity index (χ1v) is 8.68. The summed E-state index contributed by atoms with van der Waals surface area (Å²) in [6, 6.07) is 8.95. The number of hydrogen-bond acceptors (Lipinski definition) is 4. The smallest absolute Gasteiger partial charge is 0.288 e. The summed E-state index contributed by atoms with van der Waals surface area (Å²) in [6.07, 6.45) is 4.80. The second-order valence-corrected chi connectivity index (χ2v) is 6.95. The highest BCUT2D eigenvalue weighted by Gasteiger charge is 2.43. The zero-order valence-electron chi connectivity index (χ0n) is 13.7. The van der Waals surface area contributed by atoms with Crippen LogP contribution in [0, 0.1) is 11.8 Å². The number of carbonyl (C=O) groups excluding carboxylic acids is 2. The average molecular weight is 326 g/mol. The molecular formula is C18H22N4O2. The molecule has 2 saturated carbocycles. The maximum Gasteiger partial charge on any atom is 0.288 e. The van der Waals surface area contributed by atoms with Crippen molar-refractivity contribution in [3.8, 4) is 0 Å². The van der Waals surface area contributed by atoms with Crippen molar-refractivity contribution in [2.75, 3.05) is 5.01 Å². The first-order valence-electron chi connectivity index (χ1n) is 8.68. The molecule has 0 spiro atoms. The van der Waals surface area contributed by atoms with Gasteiger partial charge in [-0.25, -0.2) is 10.0 Å². The molecular weight excluding hydrogens is 304 g/mol. The summed E-state index contributed by atoms with van der Waals surface area (Å²) in [5.74, 6) is 1.08. The summed E-state index contributed by atoms with van der Waals surface area (Å²) in [5.41, 5.74) is 3.60. The van der Waals surface area contributed by atoms with Crippen LogP contribution in [-0.2, 0) is 9.59 Å². The van der Waals surface area contributed by atoms with Crippen molar-refractivity contribution in [1.82, 2.24) is 10.7 Å². The van der Waals surface area contributed by atoms with Crippen LogP contribution in [-0.4, -0.2) is 29.7 Å². The summed E-state index contributed by atoms with van der Waals surface area (Å²) in [5, 5.41) is 4.56. The van der Waals surface area contributed by atoms with E-state index in [0.29, 0.717) is 17.5 Å². The van der Waals surface area contributed by atoms with Gasteiger partial charge in [0.05, 0.1) is 5.69 Å². The molecule has 2 fully saturated rings. The fraction of sp³-hybridized carbons (Fsp3) is 0.500. The Balaban J connectivity index is 1.50. The lowest BCUT2D eigenvalue weighted by molar-refractivity contribution is -0.120. The molecule has 1 aromatic rings. The highest BCUT2D eigenvalue weighted by molar-refractivity contribution is 6.39. The van der Waals surface area contributed by atoms with Gasteiger partial charge in [0.15, 0.2) is 0 Å². The van der Waals surface area contributed by atoms with E-state index in [1.165, 1.54) is 30.7 Å². The highest BCUT2D eigenvalue weighted by atomic mass is 16.2. The third kappa shape index (κ3) is 3.00. The molecule has 0 bridgehead atoms. The number of amidine groups is 1. The van der Waals surface area contributed by atoms with E-state index in [-0.39, 0.29) is 23.7 Å². The zero-order valence-corrected chi connectivity index (χ0v) is 13.7. The summed E-state index contributed by atoms with van der Waals surface area (Å²) < 4.78 is 0. The second kappa shape index (κ2) is 5.92. The molecule has 0 saturated heterocycles. The Morgan fingerprint density at radius 2 is 1.83 bits per heavy atom. The molecule has 0 aromatic heterocycles. The number of hydrazine groups is 1. The fourth-order valence-electron chi connectivity index (χ4n) is 3.25. The van der Waals surface area contributed by atoms with Crippen LogP contribution in [0.25, 0.3) is 0 Å². The molecule has 1 aromatic carbocycles. The second-order valence-electron chi connectivity index (χ2n) is 6.95. The van der Waals surface area contributed by atoms with Gasteiger partial charge in [-0.3, -0.25) is 15.0 Å². The number of hydrogen-bond donors (Lipinski definition) is 2. The van der Waals surface area contributed by atoms with Crippen molar-refractivity contribution in [3.63, 3.8) is 0 Å². The van der Waals surface area contributed by atoms with Crippen molar-refractivity contribution in [2.24, 2.45) is 16.8 Å². The lowest BCUT2D eigenvalue weighted by Crippen LogP contribution is -2.59. The largest absolute Gasteiger partial charge is 0.346 e. The van der Waals surface area contributed by atoms with Crippen molar-refractivity contribution >= 4 is 23.3 Å². The average Bonchev–Trinajstić information content (AvgIpc) is 3.48. The Kier molecular flexibility index (Phi) is 3.75. The van der Waals surface area contributed by atoms with Gasteiger partial charge in [-0.15, -0.1) is 0 Å². The van der Waals surface area contributed by atoms with E-state index >= 15 is 0 Å². The molecule has 1 aliphatic heterocycles. The predicted molar refractivity (Wildman–Crippen MR) is 91.3 cm³/mol. The van der Waals surface area contributed by atoms with Gasteiger partial charge in [0.25, 0.3) is 11.8 Å². The zero-order chi connectivity index (χ0) is 16.7. The minimum absolute atomic E-state index is 0.168. The van der Waals surface area contributed by atoms with Crippen molar-refractivity contribution in [3.05, 3.63) is 30.3 Å². The van der Waals surface area contributed by atoms with Gasteiger partial charge in [0, 0.05) is 6.04 Å². The number of carbonyl (C=O) groups is 2. The lowest BCUT2D eigenvalue weighted by Gasteiger charge is -2.31. The number of benzene rings is 1. The molecule has 4 rings (SSSR count). The van der Waals surface area contributed by atoms with Crippen LogP contribution in [0.3, 0.4) is 0 Å². The van der Waals surface area contributed by atoms with Crippen LogP contribution in [0.1, 0.15) is 32.6 Å². The standard InChI is InChI=1S/C18H22N4O2/c1-11-18(24)22(14-5-3-2-4-6-14)21-16(19-11)17(23)20-15(12-7-8-12)13-9-10-13/h2-6,11-13,15H,7-10H2,1H3,(H,19,21)(H,20,23). The Labute approximate surface area is 141 Å². The van der Waals surface area contributed by atoms with Crippen molar-refractivity contribution < 1.29 is 9.59 Å². The van der Waals surface area contributed by atoms with E-state index in [9.17, 15) is 9.59 Å². The summed E-state index contributed by atoms with van der Waals surface area (Å²) in [4.78, 5) is 29.3. The quantitative estimate of drug-likeness (QED) is 0.864. The Morgan fingerprint density at radius 1 is 1.21 bits per heavy atom. The van der Waals surface area contributed by atoms with Gasteiger partial charge in [0.2, 0.25) is 5.84 Å². The number of anilines is 1. The van der Waals surface area contributed by atoms with Gasteiger partial charge >= 0.3 is 0 Å². The van der Waals surface area contributed by atoms with Crippen LogP contribution < -0.4 is 15.8 Å². The molecule has 2 amide bonds. The van der Waals surface area contributed by atoms with E-state index in [0.717, 1.165) is 0 Å². The van der Waals surface area contributed by atoms with Crippen molar-refractivity contribution in [1.29, 1.82) is 0 Å². The molecule has 1 heterocycles. The number of nitrogens with zero attached hydrogens (tertiary/aromatic N) is 2. The molecule has 2 N–H and O–H groups in total. The number of para-hydroxylation sites is 1. The fourth-order valence-corrected chi connectivity index (χ4v) is 3.25. The van der Waals surface area contributed by atoms with E-state index in [2.05, 4.69) is 15.7 Å². The van der Waals surface area contributed by atoms with Crippen LogP contribution in [0.15, 0.2) is 35.3 Å². The van der Waals surface area contributed by atoms with Gasteiger partial charge in [-0.1, -0.05) is 18.2 Å². The molecule has 3 aliphatic rings. The number of amides is 2. The van der Waals surface area contributed by atoms with Crippen molar-refractivity contribution in [2.45, 2.75) is 44.7 Å². The SMILES string of the molecule is CC1N=C(C(=O)NC(C2CC2)C2CC2)NN(c2ccccc2)C1=O. The third-order valence-electron chi connectivity index (χ3n) is 4.91. The summed E-state index contributed by atoms with van der Waals surface area (Å²) in [6.45, 7) is 1.71. The highest BCUT2D eigenvalue weighted by Crippen LogP contribution is 2.44. The Bertz CT molecular complexity index is 668. The molecule has 1 unspecified atom stereocenters. The summed E-state index contributed by atoms with van der Waals surface area (Å²) in [7, 11) is 0. The van der Waals surface area contributed by atoms with Crippen LogP contribution in [0.4, 0.5) is 5.69 Å². The normalized spacial score (nSPS) is 23.8. The molecule has 2 aliphatic carbocycles. The van der Waals surface area contributed by atoms with Gasteiger partial charge in [-0.05, 0) is 56.6 Å². The predicted octanol–water partition coefficient (Wildman–Crippen LogP) is 1.63. The Morgan fingerprint density at radius 3 is 2.42 bits per heavy atom. The number of rotatable bonds is 5. The molecule has 6 nitrogen and oxygen atoms in total. The van der Waals surface area contributed by atoms with E-state index in [1.807, 2.05) is 30.3 Å². The summed E-state index contributed by atoms with van der Waals surface area (Å²) >= 11 is 0. The van der Waals surface area contributed by atoms with Gasteiger partial charge < -0.3 is 5.32 Å². The van der Waals surface area contributed by atoms with Gasteiger partial charge in [-0.2, -0.15) is 0 Å². The maximum atomic E-state index is 12.7. The maximum absolute atomic E-state index is 12.7. The topological polar surface area (TPSA) is 73.8 Å². The van der Waals surface area contributed by atoms with Crippen LogP contribution in [0.5, 0.6) is 0 Å². The molecule has 0 radical (unpaired) electrons. The van der Waals surface area contributed by atoms with Gasteiger partial charge in [0.1, 0.15) is 6.04 Å². The van der Waals surface area contributed by atoms with E-state index in [1.54, 1.807) is 6.92 Å². The Hall–Kier alpha value is -2.37. The third-order valence-corrected chi connectivity index (χ3v) is 4.91. The molecule has 24 heavy (non-hydrogen) atoms. The molecule has 1 atom stereocenters. The first-order chi connectivity index (χ1) is 11.6. The number of nitrogens with one attached hydrogen (secondary N) is 2. The monoisotopic (exact) mass is 326 g/mol. The van der Waals surface area contributed by atoms with Crippen LogP contribution in [0.2, 0.25) is 0 Å². The lowest BCUT2D eigenvalue weighted by atomic mass is 10.1. The van der Waals surface area contributed by atoms with E-state index < -0.39 is 6.04 Å². The van der Waals surface area contributed by atoms with Crippen LogP contribution >= 0.6 is 0 Å². The minimum Gasteiger partial charge on any atom is -0.346 e. The minimum atomic E-state index is -0.576. The van der Waals surface area contributed by atoms with E-state index in [4.69, 9.17) is 0 Å². The molecule has 126 valence electrons. The molecule has 6 heteroatoms. The first kappa shape index (κ1) is 15.2.